The van der Waals surface area contributed by atoms with Gasteiger partial charge in [-0.1, -0.05) is 56.7 Å². The molecule has 1 amide bonds. The third-order valence-electron chi connectivity index (χ3n) is 4.88. The van der Waals surface area contributed by atoms with Crippen molar-refractivity contribution in [2.75, 3.05) is 18.1 Å². The second kappa shape index (κ2) is 9.40. The summed E-state index contributed by atoms with van der Waals surface area (Å²) in [5, 5.41) is 0. The lowest BCUT2D eigenvalue weighted by Crippen LogP contribution is -2.26. The Balaban J connectivity index is 1.63. The van der Waals surface area contributed by atoms with E-state index < -0.39 is 0 Å². The normalized spacial score (nSPS) is 14.7. The molecule has 142 valence electrons. The Morgan fingerprint density at radius 3 is 2.52 bits per heavy atom. The Bertz CT molecular complexity index is 792. The van der Waals surface area contributed by atoms with Crippen molar-refractivity contribution in [1.29, 1.82) is 0 Å². The topological polar surface area (TPSA) is 29.5 Å². The molecule has 0 N–H and O–H groups in total. The fourth-order valence-corrected chi connectivity index (χ4v) is 3.42. The van der Waals surface area contributed by atoms with E-state index >= 15 is 0 Å². The number of hydrogen-bond acceptors (Lipinski definition) is 2. The van der Waals surface area contributed by atoms with Crippen molar-refractivity contribution in [2.24, 2.45) is 0 Å². The summed E-state index contributed by atoms with van der Waals surface area (Å²) in [6.07, 6.45) is 7.06. The fraction of sp³-hybridized carbons (Fsp3) is 0.375. The Morgan fingerprint density at radius 1 is 1.00 bits per heavy atom. The van der Waals surface area contributed by atoms with E-state index in [4.69, 9.17) is 4.74 Å². The molecule has 0 bridgehead atoms. The van der Waals surface area contributed by atoms with Crippen LogP contribution in [0.15, 0.2) is 54.6 Å². The molecule has 0 saturated heterocycles. The van der Waals surface area contributed by atoms with Crippen LogP contribution in [0.4, 0.5) is 5.69 Å². The van der Waals surface area contributed by atoms with E-state index in [1.807, 2.05) is 35.2 Å². The van der Waals surface area contributed by atoms with Crippen molar-refractivity contribution in [3.05, 3.63) is 65.7 Å². The number of rotatable bonds is 9. The highest BCUT2D eigenvalue weighted by Gasteiger charge is 2.30. The largest absolute Gasteiger partial charge is 0.494 e. The maximum Gasteiger partial charge on any atom is 0.258 e. The van der Waals surface area contributed by atoms with Crippen LogP contribution in [-0.2, 0) is 11.2 Å². The van der Waals surface area contributed by atoms with Crippen LogP contribution in [0.2, 0.25) is 0 Å². The summed E-state index contributed by atoms with van der Waals surface area (Å²) in [4.78, 5) is 14.7. The number of carbonyl (C=O) groups excluding carboxylic acids is 1. The van der Waals surface area contributed by atoms with E-state index in [0.29, 0.717) is 0 Å². The average molecular weight is 364 g/mol. The van der Waals surface area contributed by atoms with E-state index in [2.05, 4.69) is 38.1 Å². The highest BCUT2D eigenvalue weighted by Crippen LogP contribution is 2.36. The zero-order valence-corrected chi connectivity index (χ0v) is 16.4. The summed E-state index contributed by atoms with van der Waals surface area (Å²) in [5.74, 6) is 1.07. The fourth-order valence-electron chi connectivity index (χ4n) is 3.42. The van der Waals surface area contributed by atoms with Gasteiger partial charge in [-0.3, -0.25) is 4.79 Å². The molecular formula is C24H29NO2. The molecule has 1 aliphatic rings. The molecule has 3 nitrogen and oxygen atoms in total. The summed E-state index contributed by atoms with van der Waals surface area (Å²) >= 11 is 0. The molecule has 1 heterocycles. The maximum atomic E-state index is 12.8. The Kier molecular flexibility index (Phi) is 6.69. The van der Waals surface area contributed by atoms with Gasteiger partial charge in [0.15, 0.2) is 0 Å². The zero-order valence-electron chi connectivity index (χ0n) is 16.4. The SMILES string of the molecule is CCCCOc1ccc(CCC=C2C(=O)N(CCC)c3ccccc32)cc1. The molecule has 0 unspecified atom stereocenters. The Labute approximate surface area is 162 Å². The number of amides is 1. The molecule has 0 aromatic heterocycles. The molecule has 2 aromatic rings. The van der Waals surface area contributed by atoms with Gasteiger partial charge in [0.05, 0.1) is 12.3 Å². The van der Waals surface area contributed by atoms with Gasteiger partial charge in [0.25, 0.3) is 5.91 Å². The van der Waals surface area contributed by atoms with E-state index in [9.17, 15) is 4.79 Å². The number of unbranched alkanes of at least 4 members (excludes halogenated alkanes) is 1. The Hall–Kier alpha value is -2.55. The molecule has 0 atom stereocenters. The van der Waals surface area contributed by atoms with Crippen molar-refractivity contribution in [1.82, 2.24) is 0 Å². The van der Waals surface area contributed by atoms with Crippen LogP contribution in [0, 0.1) is 0 Å². The molecule has 1 aliphatic heterocycles. The van der Waals surface area contributed by atoms with Gasteiger partial charge >= 0.3 is 0 Å². The number of para-hydroxylation sites is 1. The summed E-state index contributed by atoms with van der Waals surface area (Å²) < 4.78 is 5.71. The van der Waals surface area contributed by atoms with Crippen LogP contribution >= 0.6 is 0 Å². The third kappa shape index (κ3) is 4.60. The first-order valence-corrected chi connectivity index (χ1v) is 10.1. The minimum atomic E-state index is 0.137. The van der Waals surface area contributed by atoms with E-state index in [0.717, 1.165) is 67.8 Å². The van der Waals surface area contributed by atoms with Crippen molar-refractivity contribution < 1.29 is 9.53 Å². The summed E-state index contributed by atoms with van der Waals surface area (Å²) in [6, 6.07) is 16.4. The number of allylic oxidation sites excluding steroid dienone is 1. The van der Waals surface area contributed by atoms with Crippen LogP contribution in [0.5, 0.6) is 5.75 Å². The van der Waals surface area contributed by atoms with Gasteiger partial charge in [0.2, 0.25) is 0 Å². The van der Waals surface area contributed by atoms with E-state index in [1.54, 1.807) is 0 Å². The third-order valence-corrected chi connectivity index (χ3v) is 4.88. The first kappa shape index (κ1) is 19.2. The van der Waals surface area contributed by atoms with Gasteiger partial charge in [0, 0.05) is 17.7 Å². The average Bonchev–Trinajstić information content (AvgIpc) is 2.96. The van der Waals surface area contributed by atoms with Crippen LogP contribution in [0.3, 0.4) is 0 Å². The van der Waals surface area contributed by atoms with Gasteiger partial charge in [-0.25, -0.2) is 0 Å². The number of ether oxygens (including phenoxy) is 1. The van der Waals surface area contributed by atoms with Gasteiger partial charge in [-0.15, -0.1) is 0 Å². The van der Waals surface area contributed by atoms with Gasteiger partial charge in [-0.2, -0.15) is 0 Å². The number of benzene rings is 2. The molecule has 0 saturated carbocycles. The number of aryl methyl sites for hydroxylation is 1. The highest BCUT2D eigenvalue weighted by molar-refractivity contribution is 6.32. The molecular weight excluding hydrogens is 334 g/mol. The van der Waals surface area contributed by atoms with Crippen molar-refractivity contribution in [3.63, 3.8) is 0 Å². The van der Waals surface area contributed by atoms with Crippen LogP contribution in [0.25, 0.3) is 5.57 Å². The maximum absolute atomic E-state index is 12.8. The quantitative estimate of drug-likeness (QED) is 0.426. The first-order chi connectivity index (χ1) is 13.2. The smallest absolute Gasteiger partial charge is 0.258 e. The molecule has 0 fully saturated rings. The molecule has 0 aliphatic carbocycles. The lowest BCUT2D eigenvalue weighted by Gasteiger charge is -2.15. The summed E-state index contributed by atoms with van der Waals surface area (Å²) in [5.41, 5.74) is 4.22. The predicted molar refractivity (Wildman–Crippen MR) is 112 cm³/mol. The molecule has 3 heteroatoms. The summed E-state index contributed by atoms with van der Waals surface area (Å²) in [6.45, 7) is 5.81. The number of carbonyl (C=O) groups is 1. The number of anilines is 1. The van der Waals surface area contributed by atoms with E-state index in [-0.39, 0.29) is 5.91 Å². The second-order valence-electron chi connectivity index (χ2n) is 6.98. The second-order valence-corrected chi connectivity index (χ2v) is 6.98. The molecule has 0 radical (unpaired) electrons. The van der Waals surface area contributed by atoms with E-state index in [1.165, 1.54) is 5.56 Å². The van der Waals surface area contributed by atoms with Gasteiger partial charge in [0.1, 0.15) is 5.75 Å². The minimum Gasteiger partial charge on any atom is -0.494 e. The van der Waals surface area contributed by atoms with Gasteiger partial charge in [-0.05, 0) is 49.4 Å². The van der Waals surface area contributed by atoms with Crippen LogP contribution < -0.4 is 9.64 Å². The number of nitrogens with zero attached hydrogens (tertiary/aromatic N) is 1. The van der Waals surface area contributed by atoms with Crippen molar-refractivity contribution >= 4 is 17.2 Å². The first-order valence-electron chi connectivity index (χ1n) is 10.1. The minimum absolute atomic E-state index is 0.137. The lowest BCUT2D eigenvalue weighted by atomic mass is 10.0. The number of fused-ring (bicyclic) bond motifs is 1. The number of hydrogen-bond donors (Lipinski definition) is 0. The van der Waals surface area contributed by atoms with Crippen LogP contribution in [-0.4, -0.2) is 19.1 Å². The molecule has 0 spiro atoms. The predicted octanol–water partition coefficient (Wildman–Crippen LogP) is 5.64. The van der Waals surface area contributed by atoms with Crippen molar-refractivity contribution in [3.8, 4) is 5.75 Å². The zero-order chi connectivity index (χ0) is 19.1. The summed E-state index contributed by atoms with van der Waals surface area (Å²) in [7, 11) is 0. The van der Waals surface area contributed by atoms with Gasteiger partial charge < -0.3 is 9.64 Å². The molecule has 2 aromatic carbocycles. The molecule has 27 heavy (non-hydrogen) atoms. The lowest BCUT2D eigenvalue weighted by molar-refractivity contribution is -0.113. The highest BCUT2D eigenvalue weighted by atomic mass is 16.5. The monoisotopic (exact) mass is 363 g/mol. The Morgan fingerprint density at radius 2 is 1.78 bits per heavy atom. The standard InChI is InChI=1S/C24H29NO2/c1-3-5-18-27-20-15-13-19(14-16-20)9-8-11-22-21-10-6-7-12-23(21)25(17-4-2)24(22)26/h6-7,10-16H,3-5,8-9,17-18H2,1-2H3. The molecule has 3 rings (SSSR count). The van der Waals surface area contributed by atoms with Crippen LogP contribution in [0.1, 0.15) is 50.7 Å². The van der Waals surface area contributed by atoms with Crippen molar-refractivity contribution in [2.45, 2.75) is 46.0 Å².